The lowest BCUT2D eigenvalue weighted by molar-refractivity contribution is -0.158. The number of hydrogen-bond donors (Lipinski definition) is 2. The summed E-state index contributed by atoms with van der Waals surface area (Å²) in [4.78, 5) is 36.8. The highest BCUT2D eigenvalue weighted by atomic mass is 16.6. The highest BCUT2D eigenvalue weighted by Gasteiger charge is 2.29. The molecule has 0 aliphatic heterocycles. The highest BCUT2D eigenvalue weighted by Crippen LogP contribution is 2.15. The maximum Gasteiger partial charge on any atom is 0.413 e. The fourth-order valence-electron chi connectivity index (χ4n) is 2.43. The van der Waals surface area contributed by atoms with Gasteiger partial charge in [-0.05, 0) is 72.7 Å². The molecule has 168 valence electrons. The maximum atomic E-state index is 12.5. The molecule has 1 unspecified atom stereocenters. The average molecular weight is 423 g/mol. The van der Waals surface area contributed by atoms with Gasteiger partial charge in [-0.1, -0.05) is 12.1 Å². The molecule has 1 aromatic rings. The number of carbonyl (C=O) groups excluding carboxylic acids is 3. The molecule has 0 heterocycles. The first-order valence-electron chi connectivity index (χ1n) is 9.95. The van der Waals surface area contributed by atoms with Gasteiger partial charge in [-0.15, -0.1) is 0 Å². The number of ether oxygens (including phenoxy) is 3. The van der Waals surface area contributed by atoms with Crippen LogP contribution < -0.4 is 15.4 Å². The first-order valence-corrected chi connectivity index (χ1v) is 9.95. The lowest BCUT2D eigenvalue weighted by Gasteiger charge is -2.25. The van der Waals surface area contributed by atoms with E-state index in [1.807, 2.05) is 19.2 Å². The van der Waals surface area contributed by atoms with E-state index in [0.717, 1.165) is 5.56 Å². The van der Waals surface area contributed by atoms with E-state index in [-0.39, 0.29) is 12.8 Å². The van der Waals surface area contributed by atoms with Gasteiger partial charge in [0, 0.05) is 13.0 Å². The van der Waals surface area contributed by atoms with E-state index in [2.05, 4.69) is 10.6 Å². The van der Waals surface area contributed by atoms with Crippen LogP contribution in [-0.2, 0) is 25.6 Å². The number of benzene rings is 1. The summed E-state index contributed by atoms with van der Waals surface area (Å²) < 4.78 is 15.9. The van der Waals surface area contributed by atoms with Crippen molar-refractivity contribution in [1.82, 2.24) is 10.6 Å². The Morgan fingerprint density at radius 1 is 0.933 bits per heavy atom. The molecule has 0 aliphatic carbocycles. The minimum atomic E-state index is -1.05. The Morgan fingerprint density at radius 2 is 1.50 bits per heavy atom. The third-order valence-electron chi connectivity index (χ3n) is 3.56. The Balaban J connectivity index is 2.76. The van der Waals surface area contributed by atoms with Crippen LogP contribution in [-0.4, -0.2) is 42.3 Å². The van der Waals surface area contributed by atoms with Gasteiger partial charge < -0.3 is 24.8 Å². The predicted octanol–water partition coefficient (Wildman–Crippen LogP) is 3.33. The van der Waals surface area contributed by atoms with Gasteiger partial charge in [0.1, 0.15) is 23.0 Å². The normalized spacial score (nSPS) is 12.6. The lowest BCUT2D eigenvalue weighted by Crippen LogP contribution is -2.45. The molecule has 0 aromatic heterocycles. The largest absolute Gasteiger partial charge is 0.460 e. The molecule has 0 aliphatic rings. The molecule has 1 rings (SSSR count). The molecular formula is C22H34N2O6. The van der Waals surface area contributed by atoms with Crippen LogP contribution in [0.2, 0.25) is 0 Å². The minimum absolute atomic E-state index is 0.0278. The number of amides is 1. The van der Waals surface area contributed by atoms with Gasteiger partial charge in [0.2, 0.25) is 0 Å². The minimum Gasteiger partial charge on any atom is -0.460 e. The fraction of sp³-hybridized carbons (Fsp3) is 0.591. The zero-order valence-corrected chi connectivity index (χ0v) is 19.0. The van der Waals surface area contributed by atoms with Crippen molar-refractivity contribution < 1.29 is 28.6 Å². The summed E-state index contributed by atoms with van der Waals surface area (Å²) in [7, 11) is 1.84. The average Bonchev–Trinajstić information content (AvgIpc) is 2.57. The van der Waals surface area contributed by atoms with Crippen LogP contribution in [0, 0.1) is 0 Å². The van der Waals surface area contributed by atoms with Crippen LogP contribution in [0.1, 0.15) is 59.9 Å². The number of esters is 2. The number of nitrogens with one attached hydrogen (secondary N) is 2. The number of hydrogen-bond acceptors (Lipinski definition) is 7. The lowest BCUT2D eigenvalue weighted by atomic mass is 10.1. The van der Waals surface area contributed by atoms with Gasteiger partial charge >= 0.3 is 18.0 Å². The van der Waals surface area contributed by atoms with Crippen molar-refractivity contribution in [3.63, 3.8) is 0 Å². The summed E-state index contributed by atoms with van der Waals surface area (Å²) >= 11 is 0. The Morgan fingerprint density at radius 3 is 2.00 bits per heavy atom. The van der Waals surface area contributed by atoms with E-state index < -0.39 is 35.3 Å². The van der Waals surface area contributed by atoms with Gasteiger partial charge in [0.15, 0.2) is 0 Å². The summed E-state index contributed by atoms with van der Waals surface area (Å²) in [6.07, 6.45) is -0.836. The molecule has 2 N–H and O–H groups in total. The Hall–Kier alpha value is -2.61. The standard InChI is InChI=1S/C22H34N2O6/c1-21(2,3)29-18(25)13-12-17(19(26)30-22(4,5)6)24-20(27)28-16-10-8-15(9-11-16)14-23-7/h8-11,17,23H,12-14H2,1-7H3,(H,24,27). The van der Waals surface area contributed by atoms with E-state index in [0.29, 0.717) is 12.3 Å². The van der Waals surface area contributed by atoms with E-state index in [1.54, 1.807) is 53.7 Å². The van der Waals surface area contributed by atoms with Crippen LogP contribution in [0.3, 0.4) is 0 Å². The molecule has 0 fully saturated rings. The summed E-state index contributed by atoms with van der Waals surface area (Å²) in [6, 6.07) is 5.93. The van der Waals surface area contributed by atoms with E-state index >= 15 is 0 Å². The van der Waals surface area contributed by atoms with Gasteiger partial charge in [0.25, 0.3) is 0 Å². The molecule has 0 bridgehead atoms. The maximum absolute atomic E-state index is 12.5. The first kappa shape index (κ1) is 25.4. The summed E-state index contributed by atoms with van der Waals surface area (Å²) in [5.74, 6) is -0.777. The van der Waals surface area contributed by atoms with Crippen molar-refractivity contribution >= 4 is 18.0 Å². The topological polar surface area (TPSA) is 103 Å². The zero-order valence-electron chi connectivity index (χ0n) is 19.0. The molecule has 0 saturated carbocycles. The van der Waals surface area contributed by atoms with Crippen molar-refractivity contribution in [3.8, 4) is 5.75 Å². The van der Waals surface area contributed by atoms with E-state index in [4.69, 9.17) is 14.2 Å². The van der Waals surface area contributed by atoms with Gasteiger partial charge in [-0.25, -0.2) is 9.59 Å². The molecule has 1 aromatic carbocycles. The number of rotatable bonds is 8. The second-order valence-corrected chi connectivity index (χ2v) is 8.92. The fourth-order valence-corrected chi connectivity index (χ4v) is 2.43. The van der Waals surface area contributed by atoms with Crippen LogP contribution >= 0.6 is 0 Å². The third-order valence-corrected chi connectivity index (χ3v) is 3.56. The highest BCUT2D eigenvalue weighted by molar-refractivity contribution is 5.83. The monoisotopic (exact) mass is 422 g/mol. The van der Waals surface area contributed by atoms with Crippen molar-refractivity contribution in [1.29, 1.82) is 0 Å². The van der Waals surface area contributed by atoms with Gasteiger partial charge in [-0.3, -0.25) is 4.79 Å². The Bertz CT molecular complexity index is 717. The van der Waals surface area contributed by atoms with Crippen molar-refractivity contribution in [3.05, 3.63) is 29.8 Å². The molecule has 0 saturated heterocycles. The summed E-state index contributed by atoms with van der Waals surface area (Å²) in [5, 5.41) is 5.52. The zero-order chi connectivity index (χ0) is 22.9. The predicted molar refractivity (Wildman–Crippen MR) is 113 cm³/mol. The Labute approximate surface area is 178 Å². The molecule has 1 atom stereocenters. The summed E-state index contributed by atoms with van der Waals surface area (Å²) in [5.41, 5.74) is -0.338. The first-order chi connectivity index (χ1) is 13.8. The van der Waals surface area contributed by atoms with E-state index in [9.17, 15) is 14.4 Å². The molecule has 8 heteroatoms. The summed E-state index contributed by atoms with van der Waals surface area (Å²) in [6.45, 7) is 11.1. The second-order valence-electron chi connectivity index (χ2n) is 8.92. The Kier molecular flexibility index (Phi) is 9.29. The second kappa shape index (κ2) is 11.0. The number of carbonyl (C=O) groups is 3. The van der Waals surface area contributed by atoms with Crippen LogP contribution in [0.4, 0.5) is 4.79 Å². The SMILES string of the molecule is CNCc1ccc(OC(=O)NC(CCC(=O)OC(C)(C)C)C(=O)OC(C)(C)C)cc1. The van der Waals surface area contributed by atoms with Crippen molar-refractivity contribution in [2.24, 2.45) is 0 Å². The quantitative estimate of drug-likeness (QED) is 0.620. The third kappa shape index (κ3) is 10.8. The molecule has 30 heavy (non-hydrogen) atoms. The molecule has 1 amide bonds. The van der Waals surface area contributed by atoms with Gasteiger partial charge in [0.05, 0.1) is 0 Å². The van der Waals surface area contributed by atoms with Crippen LogP contribution in [0.25, 0.3) is 0 Å². The van der Waals surface area contributed by atoms with E-state index in [1.165, 1.54) is 0 Å². The van der Waals surface area contributed by atoms with Gasteiger partial charge in [-0.2, -0.15) is 0 Å². The molecule has 0 spiro atoms. The van der Waals surface area contributed by atoms with Crippen molar-refractivity contribution in [2.45, 2.75) is 78.2 Å². The van der Waals surface area contributed by atoms with Crippen LogP contribution in [0.5, 0.6) is 5.75 Å². The molecular weight excluding hydrogens is 388 g/mol. The van der Waals surface area contributed by atoms with Crippen LogP contribution in [0.15, 0.2) is 24.3 Å². The smallest absolute Gasteiger partial charge is 0.413 e. The molecule has 8 nitrogen and oxygen atoms in total. The molecule has 0 radical (unpaired) electrons. The van der Waals surface area contributed by atoms with Crippen molar-refractivity contribution in [2.75, 3.05) is 7.05 Å².